The number of carbonyl (C=O) groups is 3. The van der Waals surface area contributed by atoms with Crippen molar-refractivity contribution in [2.24, 2.45) is 0 Å². The molecule has 0 fully saturated rings. The van der Waals surface area contributed by atoms with Gasteiger partial charge >= 0.3 is 12.1 Å². The number of amides is 2. The summed E-state index contributed by atoms with van der Waals surface area (Å²) in [4.78, 5) is 33.8. The van der Waals surface area contributed by atoms with Gasteiger partial charge in [-0.3, -0.25) is 14.9 Å². The summed E-state index contributed by atoms with van der Waals surface area (Å²) in [6.07, 6.45) is -2.01. The molecule has 1 rings (SSSR count). The van der Waals surface area contributed by atoms with E-state index in [9.17, 15) is 14.4 Å². The Hall–Kier alpha value is -2.57. The van der Waals surface area contributed by atoms with Crippen molar-refractivity contribution in [1.29, 1.82) is 0 Å². The number of hydrogen-bond donors (Lipinski definition) is 1. The normalized spacial score (nSPS) is 11.1. The largest absolute Gasteiger partial charge is 0.493 e. The molecule has 0 unspecified atom stereocenters. The van der Waals surface area contributed by atoms with E-state index in [2.05, 4.69) is 4.74 Å². The van der Waals surface area contributed by atoms with Gasteiger partial charge in [0.2, 0.25) is 0 Å². The zero-order valence-corrected chi connectivity index (χ0v) is 11.8. The van der Waals surface area contributed by atoms with Crippen LogP contribution >= 0.6 is 0 Å². The minimum Gasteiger partial charge on any atom is -0.493 e. The first-order valence-electron chi connectivity index (χ1n) is 6.29. The van der Waals surface area contributed by atoms with Crippen molar-refractivity contribution in [2.75, 3.05) is 13.7 Å². The Balaban J connectivity index is 2.26. The molecule has 0 aliphatic carbocycles. The number of carbonyl (C=O) groups excluding carboxylic acids is 3. The molecule has 7 heteroatoms. The third-order valence-corrected chi connectivity index (χ3v) is 2.41. The van der Waals surface area contributed by atoms with Gasteiger partial charge in [0.05, 0.1) is 20.1 Å². The molecule has 114 valence electrons. The number of para-hydroxylation sites is 1. The van der Waals surface area contributed by atoms with E-state index < -0.39 is 24.1 Å². The third kappa shape index (κ3) is 6.42. The second kappa shape index (κ2) is 8.57. The molecule has 7 nitrogen and oxygen atoms in total. The lowest BCUT2D eigenvalue weighted by atomic mass is 10.3. The first-order chi connectivity index (χ1) is 10.0. The first kappa shape index (κ1) is 16.5. The Bertz CT molecular complexity index is 487. The second-order valence-electron chi connectivity index (χ2n) is 4.02. The minimum atomic E-state index is -1.09. The summed E-state index contributed by atoms with van der Waals surface area (Å²) in [6.45, 7) is 1.49. The number of hydrogen-bond acceptors (Lipinski definition) is 6. The summed E-state index contributed by atoms with van der Waals surface area (Å²) < 4.78 is 14.4. The van der Waals surface area contributed by atoms with E-state index in [-0.39, 0.29) is 13.0 Å². The van der Waals surface area contributed by atoms with Crippen molar-refractivity contribution in [3.8, 4) is 5.75 Å². The summed E-state index contributed by atoms with van der Waals surface area (Å²) in [5, 5.41) is 1.91. The number of rotatable bonds is 6. The van der Waals surface area contributed by atoms with Crippen LogP contribution in [0.2, 0.25) is 0 Å². The maximum atomic E-state index is 11.5. The van der Waals surface area contributed by atoms with Crippen LogP contribution in [0.5, 0.6) is 5.75 Å². The van der Waals surface area contributed by atoms with Gasteiger partial charge in [0.1, 0.15) is 5.75 Å². The van der Waals surface area contributed by atoms with Crippen LogP contribution in [-0.2, 0) is 19.1 Å². The maximum absolute atomic E-state index is 11.5. The van der Waals surface area contributed by atoms with Gasteiger partial charge in [0, 0.05) is 0 Å². The average Bonchev–Trinajstić information content (AvgIpc) is 2.48. The molecule has 0 aliphatic rings. The van der Waals surface area contributed by atoms with Crippen LogP contribution in [0, 0.1) is 0 Å². The number of esters is 1. The van der Waals surface area contributed by atoms with Crippen LogP contribution in [0.25, 0.3) is 0 Å². The van der Waals surface area contributed by atoms with Crippen molar-refractivity contribution in [2.45, 2.75) is 19.4 Å². The van der Waals surface area contributed by atoms with Gasteiger partial charge in [-0.1, -0.05) is 18.2 Å². The van der Waals surface area contributed by atoms with Gasteiger partial charge in [-0.25, -0.2) is 4.79 Å². The van der Waals surface area contributed by atoms with Crippen LogP contribution in [0.3, 0.4) is 0 Å². The highest BCUT2D eigenvalue weighted by Gasteiger charge is 2.19. The third-order valence-electron chi connectivity index (χ3n) is 2.41. The molecule has 1 aromatic rings. The van der Waals surface area contributed by atoms with E-state index in [1.165, 1.54) is 6.92 Å². The Kier molecular flexibility index (Phi) is 6.73. The molecule has 0 radical (unpaired) electrons. The monoisotopic (exact) mass is 295 g/mol. The molecular weight excluding hydrogens is 278 g/mol. The molecule has 0 saturated carbocycles. The Morgan fingerprint density at radius 3 is 2.48 bits per heavy atom. The Labute approximate surface area is 122 Å². The smallest absolute Gasteiger partial charge is 0.413 e. The molecule has 1 aromatic carbocycles. The predicted molar refractivity (Wildman–Crippen MR) is 72.7 cm³/mol. The molecule has 1 N–H and O–H groups in total. The van der Waals surface area contributed by atoms with Gasteiger partial charge in [0.15, 0.2) is 6.10 Å². The summed E-state index contributed by atoms with van der Waals surface area (Å²) in [5.74, 6) is -0.709. The lowest BCUT2D eigenvalue weighted by Crippen LogP contribution is -2.39. The second-order valence-corrected chi connectivity index (χ2v) is 4.02. The number of benzene rings is 1. The van der Waals surface area contributed by atoms with Crippen LogP contribution in [0.1, 0.15) is 13.3 Å². The van der Waals surface area contributed by atoms with E-state index >= 15 is 0 Å². The Morgan fingerprint density at radius 2 is 1.86 bits per heavy atom. The predicted octanol–water partition coefficient (Wildman–Crippen LogP) is 1.27. The SMILES string of the molecule is COC(=O)NC(=O)[C@@H](C)OC(=O)CCOc1ccccc1. The van der Waals surface area contributed by atoms with Gasteiger partial charge < -0.3 is 14.2 Å². The molecule has 0 heterocycles. The zero-order chi connectivity index (χ0) is 15.7. The van der Waals surface area contributed by atoms with Gasteiger partial charge in [-0.2, -0.15) is 0 Å². The van der Waals surface area contributed by atoms with Crippen molar-refractivity contribution >= 4 is 18.0 Å². The van der Waals surface area contributed by atoms with E-state index in [1.807, 2.05) is 23.5 Å². The molecule has 0 bridgehead atoms. The average molecular weight is 295 g/mol. The number of imide groups is 1. The minimum absolute atomic E-state index is 0.00919. The fourth-order valence-electron chi connectivity index (χ4n) is 1.33. The first-order valence-corrected chi connectivity index (χ1v) is 6.29. The van der Waals surface area contributed by atoms with Crippen LogP contribution in [0.15, 0.2) is 30.3 Å². The molecule has 2 amide bonds. The van der Waals surface area contributed by atoms with Gasteiger partial charge in [0.25, 0.3) is 5.91 Å². The molecule has 0 saturated heterocycles. The van der Waals surface area contributed by atoms with Gasteiger partial charge in [-0.15, -0.1) is 0 Å². The van der Waals surface area contributed by atoms with Crippen LogP contribution in [-0.4, -0.2) is 37.8 Å². The molecular formula is C14H17NO6. The Morgan fingerprint density at radius 1 is 1.19 bits per heavy atom. The molecule has 0 aromatic heterocycles. The zero-order valence-electron chi connectivity index (χ0n) is 11.8. The molecule has 1 atom stereocenters. The standard InChI is InChI=1S/C14H17NO6/c1-10(13(17)15-14(18)19-2)21-12(16)8-9-20-11-6-4-3-5-7-11/h3-7,10H,8-9H2,1-2H3,(H,15,17,18)/t10-/m1/s1. The van der Waals surface area contributed by atoms with Crippen molar-refractivity contribution in [3.63, 3.8) is 0 Å². The summed E-state index contributed by atoms with van der Waals surface area (Å²) >= 11 is 0. The summed E-state index contributed by atoms with van der Waals surface area (Å²) in [5.41, 5.74) is 0. The van der Waals surface area contributed by atoms with E-state index in [0.717, 1.165) is 7.11 Å². The maximum Gasteiger partial charge on any atom is 0.413 e. The quantitative estimate of drug-likeness (QED) is 0.795. The molecule has 21 heavy (non-hydrogen) atoms. The highest BCUT2D eigenvalue weighted by atomic mass is 16.6. The van der Waals surface area contributed by atoms with Crippen LogP contribution < -0.4 is 10.1 Å². The summed E-state index contributed by atoms with van der Waals surface area (Å²) in [7, 11) is 1.13. The van der Waals surface area contributed by atoms with Crippen LogP contribution in [0.4, 0.5) is 4.79 Å². The number of ether oxygens (including phenoxy) is 3. The number of nitrogens with one attached hydrogen (secondary N) is 1. The van der Waals surface area contributed by atoms with Gasteiger partial charge in [-0.05, 0) is 19.1 Å². The molecule has 0 aliphatic heterocycles. The van der Waals surface area contributed by atoms with E-state index in [4.69, 9.17) is 9.47 Å². The molecule has 0 spiro atoms. The van der Waals surface area contributed by atoms with E-state index in [0.29, 0.717) is 5.75 Å². The highest BCUT2D eigenvalue weighted by molar-refractivity contribution is 5.94. The number of alkyl carbamates (subject to hydrolysis) is 1. The lowest BCUT2D eigenvalue weighted by Gasteiger charge is -2.12. The van der Waals surface area contributed by atoms with Crippen molar-refractivity contribution < 1.29 is 28.6 Å². The van der Waals surface area contributed by atoms with Crippen molar-refractivity contribution in [1.82, 2.24) is 5.32 Å². The fourth-order valence-corrected chi connectivity index (χ4v) is 1.33. The topological polar surface area (TPSA) is 90.9 Å². The van der Waals surface area contributed by atoms with E-state index in [1.54, 1.807) is 12.1 Å². The highest BCUT2D eigenvalue weighted by Crippen LogP contribution is 2.08. The van der Waals surface area contributed by atoms with Crippen molar-refractivity contribution in [3.05, 3.63) is 30.3 Å². The fraction of sp³-hybridized carbons (Fsp3) is 0.357. The lowest BCUT2D eigenvalue weighted by molar-refractivity contribution is -0.155. The number of methoxy groups -OCH3 is 1. The summed E-state index contributed by atoms with van der Waals surface area (Å²) in [6, 6.07) is 9.00.